The molecule has 1 fully saturated rings. The molecule has 2 nitrogen and oxygen atoms in total. The number of alkyl halides is 1. The normalized spacial score (nSPS) is 26.5. The van der Waals surface area contributed by atoms with Gasteiger partial charge in [-0.05, 0) is 5.92 Å². The largest absolute Gasteiger partial charge is 0.375 e. The molecule has 1 aliphatic rings. The van der Waals surface area contributed by atoms with Crippen LogP contribution in [0.15, 0.2) is 0 Å². The van der Waals surface area contributed by atoms with E-state index in [1.165, 1.54) is 6.54 Å². The summed E-state index contributed by atoms with van der Waals surface area (Å²) in [6, 6.07) is 0. The quantitative estimate of drug-likeness (QED) is 0.692. The minimum atomic E-state index is 0.400. The molecule has 0 bridgehead atoms. The van der Waals surface area contributed by atoms with Crippen LogP contribution in [0.3, 0.4) is 0 Å². The van der Waals surface area contributed by atoms with Crippen molar-refractivity contribution >= 4 is 15.9 Å². The van der Waals surface area contributed by atoms with Gasteiger partial charge in [0.25, 0.3) is 0 Å². The Morgan fingerprint density at radius 2 is 2.33 bits per heavy atom. The van der Waals surface area contributed by atoms with Gasteiger partial charge in [0.2, 0.25) is 0 Å². The van der Waals surface area contributed by atoms with E-state index in [1.54, 1.807) is 0 Å². The Labute approximate surface area is 83.4 Å². The molecule has 0 N–H and O–H groups in total. The molecule has 0 aliphatic carbocycles. The van der Waals surface area contributed by atoms with Crippen LogP contribution in [-0.2, 0) is 4.74 Å². The number of hydrogen-bond donors (Lipinski definition) is 0. The van der Waals surface area contributed by atoms with Gasteiger partial charge in [0.15, 0.2) is 0 Å². The van der Waals surface area contributed by atoms with E-state index in [0.717, 1.165) is 30.9 Å². The summed E-state index contributed by atoms with van der Waals surface area (Å²) in [5.41, 5.74) is 0. The number of halogens is 1. The molecule has 1 aliphatic heterocycles. The number of morpholine rings is 1. The molecule has 1 atom stereocenters. The molecule has 1 rings (SSSR count). The summed E-state index contributed by atoms with van der Waals surface area (Å²) in [6.07, 6.45) is 0.400. The van der Waals surface area contributed by atoms with Crippen LogP contribution >= 0.6 is 15.9 Å². The molecule has 0 spiro atoms. The summed E-state index contributed by atoms with van der Waals surface area (Å²) in [6.45, 7) is 8.80. The van der Waals surface area contributed by atoms with Gasteiger partial charge in [-0.15, -0.1) is 0 Å². The van der Waals surface area contributed by atoms with Crippen molar-refractivity contribution in [3.05, 3.63) is 0 Å². The van der Waals surface area contributed by atoms with Crippen LogP contribution in [0.2, 0.25) is 0 Å². The van der Waals surface area contributed by atoms with Gasteiger partial charge in [0, 0.05) is 25.0 Å². The van der Waals surface area contributed by atoms with E-state index >= 15 is 0 Å². The molecule has 0 saturated carbocycles. The second kappa shape index (κ2) is 5.20. The lowest BCUT2D eigenvalue weighted by atomic mass is 10.2. The highest BCUT2D eigenvalue weighted by Crippen LogP contribution is 2.09. The Bertz CT molecular complexity index is 130. The third kappa shape index (κ3) is 3.42. The minimum absolute atomic E-state index is 0.400. The van der Waals surface area contributed by atoms with Gasteiger partial charge in [-0.25, -0.2) is 0 Å². The highest BCUT2D eigenvalue weighted by atomic mass is 79.9. The highest BCUT2D eigenvalue weighted by Gasteiger charge is 2.19. The van der Waals surface area contributed by atoms with Crippen LogP contribution in [0.5, 0.6) is 0 Å². The summed E-state index contributed by atoms with van der Waals surface area (Å²) < 4.78 is 5.55. The van der Waals surface area contributed by atoms with Gasteiger partial charge >= 0.3 is 0 Å². The van der Waals surface area contributed by atoms with Gasteiger partial charge in [-0.3, -0.25) is 4.90 Å². The maximum atomic E-state index is 5.55. The van der Waals surface area contributed by atoms with Crippen LogP contribution < -0.4 is 0 Å². The lowest BCUT2D eigenvalue weighted by Crippen LogP contribution is -2.44. The second-order valence-electron chi connectivity index (χ2n) is 3.80. The number of hydrogen-bond acceptors (Lipinski definition) is 2. The first kappa shape index (κ1) is 10.5. The summed E-state index contributed by atoms with van der Waals surface area (Å²) in [4.78, 5) is 2.49. The lowest BCUT2D eigenvalue weighted by Gasteiger charge is -2.33. The Morgan fingerprint density at radius 3 is 2.92 bits per heavy atom. The van der Waals surface area contributed by atoms with Crippen molar-refractivity contribution in [1.29, 1.82) is 0 Å². The molecule has 0 aromatic carbocycles. The molecule has 72 valence electrons. The minimum Gasteiger partial charge on any atom is -0.375 e. The number of ether oxygens (including phenoxy) is 1. The summed E-state index contributed by atoms with van der Waals surface area (Å²) in [5, 5.41) is 0.960. The zero-order valence-corrected chi connectivity index (χ0v) is 9.51. The Balaban J connectivity index is 2.25. The average Bonchev–Trinajstić information content (AvgIpc) is 2.03. The zero-order chi connectivity index (χ0) is 8.97. The van der Waals surface area contributed by atoms with Crippen LogP contribution in [-0.4, -0.2) is 42.6 Å². The van der Waals surface area contributed by atoms with Crippen molar-refractivity contribution in [1.82, 2.24) is 4.90 Å². The Kier molecular flexibility index (Phi) is 4.54. The number of nitrogens with zero attached hydrogens (tertiary/aromatic N) is 1. The molecule has 0 aromatic rings. The third-order valence-electron chi connectivity index (χ3n) is 2.02. The Hall–Kier alpha value is 0.400. The number of rotatable bonds is 3. The van der Waals surface area contributed by atoms with Crippen LogP contribution in [0, 0.1) is 5.92 Å². The third-order valence-corrected chi connectivity index (χ3v) is 2.74. The highest BCUT2D eigenvalue weighted by molar-refractivity contribution is 9.09. The van der Waals surface area contributed by atoms with Crippen molar-refractivity contribution in [3.8, 4) is 0 Å². The van der Waals surface area contributed by atoms with Gasteiger partial charge in [0.05, 0.1) is 12.7 Å². The standard InChI is InChI=1S/C9H18BrNO/c1-8(2)6-11-3-4-12-9(5-10)7-11/h8-9H,3-7H2,1-2H3/t9-/m1/s1. The first-order valence-electron chi connectivity index (χ1n) is 4.62. The molecule has 0 amide bonds. The van der Waals surface area contributed by atoms with Crippen molar-refractivity contribution in [3.63, 3.8) is 0 Å². The fraction of sp³-hybridized carbons (Fsp3) is 1.00. The maximum absolute atomic E-state index is 5.55. The van der Waals surface area contributed by atoms with Gasteiger partial charge in [0.1, 0.15) is 0 Å². The monoisotopic (exact) mass is 235 g/mol. The van der Waals surface area contributed by atoms with Gasteiger partial charge < -0.3 is 4.74 Å². The smallest absolute Gasteiger partial charge is 0.0799 e. The second-order valence-corrected chi connectivity index (χ2v) is 4.45. The fourth-order valence-corrected chi connectivity index (χ4v) is 1.95. The summed E-state index contributed by atoms with van der Waals surface area (Å²) in [5.74, 6) is 0.763. The van der Waals surface area contributed by atoms with Crippen molar-refractivity contribution in [2.45, 2.75) is 20.0 Å². The van der Waals surface area contributed by atoms with E-state index in [4.69, 9.17) is 4.74 Å². The average molecular weight is 236 g/mol. The predicted molar refractivity (Wildman–Crippen MR) is 54.8 cm³/mol. The van der Waals surface area contributed by atoms with Gasteiger partial charge in [-0.2, -0.15) is 0 Å². The van der Waals surface area contributed by atoms with Crippen molar-refractivity contribution < 1.29 is 4.74 Å². The molecule has 12 heavy (non-hydrogen) atoms. The van der Waals surface area contributed by atoms with Gasteiger partial charge in [-0.1, -0.05) is 29.8 Å². The molecule has 1 heterocycles. The Morgan fingerprint density at radius 1 is 1.58 bits per heavy atom. The van der Waals surface area contributed by atoms with Crippen LogP contribution in [0.4, 0.5) is 0 Å². The molecule has 3 heteroatoms. The van der Waals surface area contributed by atoms with E-state index in [2.05, 4.69) is 34.7 Å². The van der Waals surface area contributed by atoms with E-state index in [1.807, 2.05) is 0 Å². The molecular weight excluding hydrogens is 218 g/mol. The van der Waals surface area contributed by atoms with E-state index in [-0.39, 0.29) is 0 Å². The van der Waals surface area contributed by atoms with Crippen LogP contribution in [0.1, 0.15) is 13.8 Å². The summed E-state index contributed by atoms with van der Waals surface area (Å²) >= 11 is 3.45. The topological polar surface area (TPSA) is 12.5 Å². The molecule has 0 radical (unpaired) electrons. The summed E-state index contributed by atoms with van der Waals surface area (Å²) in [7, 11) is 0. The first-order chi connectivity index (χ1) is 5.72. The SMILES string of the molecule is CC(C)CN1CCO[C@H](CBr)C1. The van der Waals surface area contributed by atoms with Crippen molar-refractivity contribution in [2.24, 2.45) is 5.92 Å². The van der Waals surface area contributed by atoms with E-state index in [9.17, 15) is 0 Å². The van der Waals surface area contributed by atoms with Crippen LogP contribution in [0.25, 0.3) is 0 Å². The zero-order valence-electron chi connectivity index (χ0n) is 7.92. The lowest BCUT2D eigenvalue weighted by molar-refractivity contribution is -0.0185. The molecule has 1 saturated heterocycles. The first-order valence-corrected chi connectivity index (χ1v) is 5.74. The molecular formula is C9H18BrNO. The fourth-order valence-electron chi connectivity index (χ4n) is 1.56. The van der Waals surface area contributed by atoms with Crippen molar-refractivity contribution in [2.75, 3.05) is 31.6 Å². The van der Waals surface area contributed by atoms with E-state index in [0.29, 0.717) is 6.10 Å². The maximum Gasteiger partial charge on any atom is 0.0799 e. The predicted octanol–water partition coefficient (Wildman–Crippen LogP) is 1.74. The molecule has 0 aromatic heterocycles. The van der Waals surface area contributed by atoms with E-state index < -0.39 is 0 Å². The molecule has 0 unspecified atom stereocenters.